The maximum absolute atomic E-state index is 12.7. The predicted molar refractivity (Wildman–Crippen MR) is 115 cm³/mol. The van der Waals surface area contributed by atoms with Crippen molar-refractivity contribution in [1.29, 1.82) is 0 Å². The molecule has 5 rings (SSSR count). The van der Waals surface area contributed by atoms with E-state index in [-0.39, 0.29) is 11.8 Å². The van der Waals surface area contributed by atoms with Crippen molar-refractivity contribution in [2.75, 3.05) is 13.1 Å². The summed E-state index contributed by atoms with van der Waals surface area (Å²) < 4.78 is 0. The van der Waals surface area contributed by atoms with Crippen LogP contribution in [0.1, 0.15) is 72.5 Å². The Hall–Kier alpha value is -2.69. The predicted octanol–water partition coefficient (Wildman–Crippen LogP) is 3.87. The molecular formula is C25H29N3O2. The van der Waals surface area contributed by atoms with Gasteiger partial charge in [0.1, 0.15) is 6.04 Å². The summed E-state index contributed by atoms with van der Waals surface area (Å²) in [6.45, 7) is 3.41. The van der Waals surface area contributed by atoms with E-state index >= 15 is 0 Å². The van der Waals surface area contributed by atoms with Crippen molar-refractivity contribution in [2.45, 2.75) is 56.9 Å². The van der Waals surface area contributed by atoms with E-state index in [4.69, 9.17) is 0 Å². The summed E-state index contributed by atoms with van der Waals surface area (Å²) >= 11 is 0. The van der Waals surface area contributed by atoms with Gasteiger partial charge >= 0.3 is 0 Å². The van der Waals surface area contributed by atoms with E-state index in [1.165, 1.54) is 18.4 Å². The van der Waals surface area contributed by atoms with Crippen molar-refractivity contribution in [3.8, 4) is 0 Å². The molecule has 156 valence electrons. The molecule has 0 unspecified atom stereocenters. The van der Waals surface area contributed by atoms with Gasteiger partial charge in [0.2, 0.25) is 5.91 Å². The summed E-state index contributed by atoms with van der Waals surface area (Å²) in [6, 6.07) is 13.8. The fourth-order valence-electron chi connectivity index (χ4n) is 4.84. The van der Waals surface area contributed by atoms with Crippen LogP contribution in [0.3, 0.4) is 0 Å². The molecule has 1 aromatic heterocycles. The highest BCUT2D eigenvalue weighted by molar-refractivity contribution is 5.97. The summed E-state index contributed by atoms with van der Waals surface area (Å²) in [7, 11) is 0. The van der Waals surface area contributed by atoms with Crippen molar-refractivity contribution in [1.82, 2.24) is 15.2 Å². The highest BCUT2D eigenvalue weighted by Crippen LogP contribution is 2.54. The van der Waals surface area contributed by atoms with Gasteiger partial charge in [0.25, 0.3) is 5.91 Å². The Balaban J connectivity index is 1.15. The number of likely N-dealkylation sites (tertiary alicyclic amines) is 1. The second kappa shape index (κ2) is 7.53. The van der Waals surface area contributed by atoms with E-state index in [0.29, 0.717) is 22.8 Å². The van der Waals surface area contributed by atoms with Crippen molar-refractivity contribution in [2.24, 2.45) is 5.41 Å². The van der Waals surface area contributed by atoms with Crippen LogP contribution in [0.5, 0.6) is 0 Å². The molecule has 2 aliphatic carbocycles. The molecule has 0 radical (unpaired) electrons. The third-order valence-corrected chi connectivity index (χ3v) is 7.26. The van der Waals surface area contributed by atoms with Gasteiger partial charge in [0.15, 0.2) is 0 Å². The van der Waals surface area contributed by atoms with Crippen LogP contribution in [0.15, 0.2) is 48.7 Å². The lowest BCUT2D eigenvalue weighted by Gasteiger charge is -2.33. The number of piperidine rings is 1. The second-order valence-electron chi connectivity index (χ2n) is 9.35. The number of rotatable bonds is 5. The van der Waals surface area contributed by atoms with Gasteiger partial charge in [0, 0.05) is 30.9 Å². The zero-order valence-corrected chi connectivity index (χ0v) is 17.5. The van der Waals surface area contributed by atoms with Gasteiger partial charge in [-0.25, -0.2) is 0 Å². The Kier molecular flexibility index (Phi) is 4.84. The first kappa shape index (κ1) is 19.3. The molecule has 30 heavy (non-hydrogen) atoms. The standard InChI is InChI=1S/C25H29N3O2/c1-17(24(30)28-13-11-25(9-10-25)12-14-28)27-23(29)19-7-8-22(26-16-19)21-15-20(21)18-5-3-2-4-6-18/h2-8,16-17,20-21H,9-15H2,1H3,(H,27,29)/t17-,20-,21-/m1/s1. The molecule has 1 aliphatic heterocycles. The largest absolute Gasteiger partial charge is 0.341 e. The van der Waals surface area contributed by atoms with Crippen molar-refractivity contribution in [3.05, 3.63) is 65.5 Å². The number of amides is 2. The normalized spacial score (nSPS) is 24.9. The van der Waals surface area contributed by atoms with Gasteiger partial charge in [-0.1, -0.05) is 30.3 Å². The Morgan fingerprint density at radius 1 is 1.03 bits per heavy atom. The second-order valence-corrected chi connectivity index (χ2v) is 9.35. The number of carbonyl (C=O) groups excluding carboxylic acids is 2. The SMILES string of the molecule is C[C@@H](NC(=O)c1ccc([C@@H]2C[C@@H]2c2ccccc2)nc1)C(=O)N1CCC2(CC1)CC2. The fourth-order valence-corrected chi connectivity index (χ4v) is 4.84. The first-order valence-electron chi connectivity index (χ1n) is 11.2. The zero-order chi connectivity index (χ0) is 20.7. The van der Waals surface area contributed by atoms with Gasteiger partial charge in [-0.2, -0.15) is 0 Å². The molecule has 1 aromatic carbocycles. The van der Waals surface area contributed by atoms with Crippen LogP contribution >= 0.6 is 0 Å². The first-order valence-corrected chi connectivity index (χ1v) is 11.2. The van der Waals surface area contributed by atoms with E-state index in [0.717, 1.165) is 38.0 Å². The minimum Gasteiger partial charge on any atom is -0.341 e. The molecule has 5 nitrogen and oxygen atoms in total. The van der Waals surface area contributed by atoms with Crippen LogP contribution in [0.2, 0.25) is 0 Å². The maximum Gasteiger partial charge on any atom is 0.253 e. The third-order valence-electron chi connectivity index (χ3n) is 7.26. The molecule has 3 fully saturated rings. The lowest BCUT2D eigenvalue weighted by molar-refractivity contribution is -0.134. The van der Waals surface area contributed by atoms with Gasteiger partial charge in [-0.3, -0.25) is 14.6 Å². The van der Waals surface area contributed by atoms with Crippen LogP contribution in [0.4, 0.5) is 0 Å². The summed E-state index contributed by atoms with van der Waals surface area (Å²) in [6.07, 6.45) is 7.59. The third kappa shape index (κ3) is 3.85. The van der Waals surface area contributed by atoms with E-state index in [1.807, 2.05) is 23.1 Å². The minimum absolute atomic E-state index is 0.0205. The molecule has 2 aromatic rings. The molecule has 5 heteroatoms. The number of nitrogens with zero attached hydrogens (tertiary/aromatic N) is 2. The summed E-state index contributed by atoms with van der Waals surface area (Å²) in [4.78, 5) is 31.8. The molecule has 1 N–H and O–H groups in total. The number of carbonyl (C=O) groups is 2. The lowest BCUT2D eigenvalue weighted by Crippen LogP contribution is -2.49. The molecule has 1 saturated heterocycles. The molecular weight excluding hydrogens is 374 g/mol. The quantitative estimate of drug-likeness (QED) is 0.824. The summed E-state index contributed by atoms with van der Waals surface area (Å²) in [5.74, 6) is 0.738. The van der Waals surface area contributed by atoms with Gasteiger partial charge in [-0.05, 0) is 68.1 Å². The maximum atomic E-state index is 12.7. The Bertz CT molecular complexity index is 927. The molecule has 3 atom stereocenters. The number of benzene rings is 1. The monoisotopic (exact) mass is 403 g/mol. The van der Waals surface area contributed by atoms with Crippen LogP contribution in [-0.4, -0.2) is 40.8 Å². The van der Waals surface area contributed by atoms with Crippen LogP contribution in [-0.2, 0) is 4.79 Å². The van der Waals surface area contributed by atoms with E-state index in [9.17, 15) is 9.59 Å². The topological polar surface area (TPSA) is 62.3 Å². The Labute approximate surface area is 177 Å². The van der Waals surface area contributed by atoms with E-state index < -0.39 is 6.04 Å². The van der Waals surface area contributed by atoms with Gasteiger partial charge in [0.05, 0.1) is 5.56 Å². The van der Waals surface area contributed by atoms with Crippen molar-refractivity contribution in [3.63, 3.8) is 0 Å². The number of pyridine rings is 1. The fraction of sp³-hybridized carbons (Fsp3) is 0.480. The summed E-state index contributed by atoms with van der Waals surface area (Å²) in [5.41, 5.74) is 3.43. The number of hydrogen-bond acceptors (Lipinski definition) is 3. The van der Waals surface area contributed by atoms with Gasteiger partial charge in [-0.15, -0.1) is 0 Å². The first-order chi connectivity index (χ1) is 14.5. The smallest absolute Gasteiger partial charge is 0.253 e. The average molecular weight is 404 g/mol. The van der Waals surface area contributed by atoms with Crippen LogP contribution < -0.4 is 5.32 Å². The van der Waals surface area contributed by atoms with Crippen LogP contribution in [0.25, 0.3) is 0 Å². The number of nitrogens with one attached hydrogen (secondary N) is 1. The molecule has 2 saturated carbocycles. The molecule has 1 spiro atoms. The number of aromatic nitrogens is 1. The molecule has 0 bridgehead atoms. The lowest BCUT2D eigenvalue weighted by atomic mass is 9.93. The Morgan fingerprint density at radius 3 is 2.40 bits per heavy atom. The van der Waals surface area contributed by atoms with Crippen molar-refractivity contribution >= 4 is 11.8 Å². The van der Waals surface area contributed by atoms with Crippen molar-refractivity contribution < 1.29 is 9.59 Å². The molecule has 2 heterocycles. The molecule has 2 amide bonds. The van der Waals surface area contributed by atoms with E-state index in [1.54, 1.807) is 13.1 Å². The van der Waals surface area contributed by atoms with E-state index in [2.05, 4.69) is 34.6 Å². The molecule has 3 aliphatic rings. The number of hydrogen-bond donors (Lipinski definition) is 1. The highest BCUT2D eigenvalue weighted by atomic mass is 16.2. The minimum atomic E-state index is -0.517. The van der Waals surface area contributed by atoms with Gasteiger partial charge < -0.3 is 10.2 Å². The zero-order valence-electron chi connectivity index (χ0n) is 17.5. The summed E-state index contributed by atoms with van der Waals surface area (Å²) in [5, 5.41) is 2.86. The van der Waals surface area contributed by atoms with Crippen LogP contribution in [0, 0.1) is 5.41 Å². The average Bonchev–Trinajstić information content (AvgIpc) is 3.71. The Morgan fingerprint density at radius 2 is 1.77 bits per heavy atom. The highest BCUT2D eigenvalue weighted by Gasteiger charge is 2.45.